The average Bonchev–Trinajstić information content (AvgIpc) is 3.18. The molecule has 2 aliphatic rings. The van der Waals surface area contributed by atoms with Gasteiger partial charge in [0, 0.05) is 37.8 Å². The fourth-order valence-corrected chi connectivity index (χ4v) is 4.48. The number of hydrogen-bond donors (Lipinski definition) is 2. The Balaban J connectivity index is 1.59. The van der Waals surface area contributed by atoms with E-state index in [9.17, 15) is 13.2 Å². The van der Waals surface area contributed by atoms with Crippen molar-refractivity contribution in [2.75, 3.05) is 43.1 Å². The number of hydrogen-bond acceptors (Lipinski definition) is 6. The highest BCUT2D eigenvalue weighted by Crippen LogP contribution is 2.40. The molecule has 3 aromatic rings. The highest BCUT2D eigenvalue weighted by molar-refractivity contribution is 6.13. The number of rotatable bonds is 4. The zero-order valence-electron chi connectivity index (χ0n) is 18.4. The van der Waals surface area contributed by atoms with E-state index in [1.165, 1.54) is 18.2 Å². The molecule has 7 nitrogen and oxygen atoms in total. The van der Waals surface area contributed by atoms with Gasteiger partial charge in [-0.05, 0) is 32.0 Å². The molecule has 172 valence electrons. The normalized spacial score (nSPS) is 18.3. The number of aromatic nitrogens is 3. The van der Waals surface area contributed by atoms with Crippen LogP contribution >= 0.6 is 0 Å². The van der Waals surface area contributed by atoms with Crippen LogP contribution in [0.4, 0.5) is 30.4 Å². The number of nitrogens with one attached hydrogen (secondary N) is 2. The van der Waals surface area contributed by atoms with E-state index in [2.05, 4.69) is 37.2 Å². The largest absolute Gasteiger partial charge is 0.354 e. The summed E-state index contributed by atoms with van der Waals surface area (Å²) in [6.07, 6.45) is 1.56. The second kappa shape index (κ2) is 8.51. The highest BCUT2D eigenvalue weighted by Gasteiger charge is 2.28. The van der Waals surface area contributed by atoms with Crippen LogP contribution in [0.15, 0.2) is 35.5 Å². The molecule has 0 radical (unpaired) electrons. The molecular weight excluding hydrogens is 431 g/mol. The molecule has 1 atom stereocenters. The Hall–Kier alpha value is -3.40. The Kier molecular flexibility index (Phi) is 5.53. The molecular formula is C23H24F3N7. The lowest BCUT2D eigenvalue weighted by atomic mass is 10.1. The second-order valence-electron chi connectivity index (χ2n) is 8.32. The van der Waals surface area contributed by atoms with Crippen LogP contribution in [0.5, 0.6) is 0 Å². The van der Waals surface area contributed by atoms with E-state index in [1.54, 1.807) is 6.20 Å². The van der Waals surface area contributed by atoms with Crippen LogP contribution in [-0.2, 0) is 0 Å². The zero-order chi connectivity index (χ0) is 23.1. The Bertz CT molecular complexity index is 1200. The number of H-pyrrole nitrogens is 1. The van der Waals surface area contributed by atoms with Gasteiger partial charge < -0.3 is 10.2 Å². The lowest BCUT2D eigenvalue weighted by Crippen LogP contribution is -2.52. The third-order valence-electron chi connectivity index (χ3n) is 6.20. The number of aryl methyl sites for hydroxylation is 1. The van der Waals surface area contributed by atoms with Crippen molar-refractivity contribution < 1.29 is 13.2 Å². The summed E-state index contributed by atoms with van der Waals surface area (Å²) in [6, 6.07) is 5.82. The second-order valence-corrected chi connectivity index (χ2v) is 8.32. The Labute approximate surface area is 189 Å². The van der Waals surface area contributed by atoms with Gasteiger partial charge in [-0.2, -0.15) is 5.10 Å². The Morgan fingerprint density at radius 3 is 2.70 bits per heavy atom. The van der Waals surface area contributed by atoms with Crippen molar-refractivity contribution in [2.45, 2.75) is 19.9 Å². The van der Waals surface area contributed by atoms with Crippen LogP contribution in [-0.4, -0.2) is 64.8 Å². The lowest BCUT2D eigenvalue weighted by Gasteiger charge is -2.40. The SMILES string of the molecule is Cc1nc(N2CCN(CCF)C(C)C2)cc2c1N=C(c1c(F)cccc1F)Nc1cn[nH]c1-2. The molecule has 1 unspecified atom stereocenters. The maximum Gasteiger partial charge on any atom is 0.144 e. The van der Waals surface area contributed by atoms with E-state index in [-0.39, 0.29) is 24.1 Å². The minimum absolute atomic E-state index is 0.0538. The number of nitrogens with zero attached hydrogens (tertiary/aromatic N) is 5. The molecule has 5 rings (SSSR count). The fraction of sp³-hybridized carbons (Fsp3) is 0.348. The minimum Gasteiger partial charge on any atom is -0.354 e. The van der Waals surface area contributed by atoms with Crippen molar-refractivity contribution in [1.29, 1.82) is 0 Å². The average molecular weight is 455 g/mol. The number of aliphatic imine (C=N–C) groups is 1. The summed E-state index contributed by atoms with van der Waals surface area (Å²) in [6.45, 7) is 6.15. The molecule has 2 N–H and O–H groups in total. The van der Waals surface area contributed by atoms with Crippen LogP contribution < -0.4 is 10.2 Å². The molecule has 1 saturated heterocycles. The quantitative estimate of drug-likeness (QED) is 0.621. The Morgan fingerprint density at radius 2 is 1.97 bits per heavy atom. The number of benzene rings is 1. The van der Waals surface area contributed by atoms with Crippen molar-refractivity contribution in [3.8, 4) is 11.3 Å². The number of aromatic amines is 1. The fourth-order valence-electron chi connectivity index (χ4n) is 4.48. The number of piperazine rings is 1. The molecule has 0 aliphatic carbocycles. The summed E-state index contributed by atoms with van der Waals surface area (Å²) in [7, 11) is 0. The first-order chi connectivity index (χ1) is 16.0. The molecule has 2 aromatic heterocycles. The van der Waals surface area contributed by atoms with Crippen molar-refractivity contribution in [1.82, 2.24) is 20.1 Å². The zero-order valence-corrected chi connectivity index (χ0v) is 18.4. The summed E-state index contributed by atoms with van der Waals surface area (Å²) in [4.78, 5) is 13.7. The number of pyridine rings is 1. The number of alkyl halides is 1. The minimum atomic E-state index is -0.711. The van der Waals surface area contributed by atoms with E-state index in [0.717, 1.165) is 24.5 Å². The predicted octanol–water partition coefficient (Wildman–Crippen LogP) is 4.04. The van der Waals surface area contributed by atoms with E-state index in [0.29, 0.717) is 35.9 Å². The third-order valence-corrected chi connectivity index (χ3v) is 6.20. The van der Waals surface area contributed by atoms with Crippen LogP contribution in [0.3, 0.4) is 0 Å². The van der Waals surface area contributed by atoms with Gasteiger partial charge in [-0.1, -0.05) is 6.07 Å². The topological polar surface area (TPSA) is 72.4 Å². The van der Waals surface area contributed by atoms with Crippen molar-refractivity contribution in [2.24, 2.45) is 4.99 Å². The molecule has 1 fully saturated rings. The van der Waals surface area contributed by atoms with Gasteiger partial charge in [0.15, 0.2) is 0 Å². The number of halogens is 3. The van der Waals surface area contributed by atoms with Gasteiger partial charge in [-0.3, -0.25) is 10.00 Å². The molecule has 1 aromatic carbocycles. The van der Waals surface area contributed by atoms with Gasteiger partial charge in [-0.15, -0.1) is 0 Å². The number of fused-ring (bicyclic) bond motifs is 3. The third kappa shape index (κ3) is 3.84. The van der Waals surface area contributed by atoms with Crippen LogP contribution in [0, 0.1) is 18.6 Å². The summed E-state index contributed by atoms with van der Waals surface area (Å²) >= 11 is 0. The predicted molar refractivity (Wildman–Crippen MR) is 122 cm³/mol. The van der Waals surface area contributed by atoms with E-state index >= 15 is 0 Å². The van der Waals surface area contributed by atoms with E-state index in [1.807, 2.05) is 13.0 Å². The van der Waals surface area contributed by atoms with Crippen LogP contribution in [0.25, 0.3) is 11.3 Å². The smallest absolute Gasteiger partial charge is 0.144 e. The first kappa shape index (κ1) is 21.4. The monoisotopic (exact) mass is 455 g/mol. The molecule has 4 heterocycles. The number of anilines is 2. The number of amidine groups is 1. The van der Waals surface area contributed by atoms with Crippen LogP contribution in [0.2, 0.25) is 0 Å². The highest BCUT2D eigenvalue weighted by atomic mass is 19.1. The van der Waals surface area contributed by atoms with Crippen molar-refractivity contribution in [3.05, 3.63) is 53.4 Å². The van der Waals surface area contributed by atoms with E-state index in [4.69, 9.17) is 4.98 Å². The molecule has 33 heavy (non-hydrogen) atoms. The molecule has 0 saturated carbocycles. The summed E-state index contributed by atoms with van der Waals surface area (Å²) in [5.41, 5.74) is 2.86. The molecule has 0 amide bonds. The van der Waals surface area contributed by atoms with Gasteiger partial charge in [0.05, 0.1) is 34.5 Å². The summed E-state index contributed by atoms with van der Waals surface area (Å²) in [5, 5.41) is 10.1. The standard InChI is InChI=1S/C23H24F3N7/c1-13-12-33(9-8-32(13)7-6-24)19-10-15-21(14(2)28-19)30-23(29-18-11-27-31-22(15)18)20-16(25)4-3-5-17(20)26/h3-5,10-11,13H,6-9,12H2,1-2H3,(H,27,31)(H,29,30). The van der Waals surface area contributed by atoms with Crippen molar-refractivity contribution in [3.63, 3.8) is 0 Å². The first-order valence-corrected chi connectivity index (χ1v) is 10.9. The maximum atomic E-state index is 14.5. The first-order valence-electron chi connectivity index (χ1n) is 10.9. The van der Waals surface area contributed by atoms with Gasteiger partial charge >= 0.3 is 0 Å². The molecule has 2 aliphatic heterocycles. The van der Waals surface area contributed by atoms with Gasteiger partial charge in [0.25, 0.3) is 0 Å². The van der Waals surface area contributed by atoms with Gasteiger partial charge in [-0.25, -0.2) is 23.1 Å². The summed E-state index contributed by atoms with van der Waals surface area (Å²) < 4.78 is 41.9. The summed E-state index contributed by atoms with van der Waals surface area (Å²) in [5.74, 6) is -0.596. The molecule has 10 heteroatoms. The van der Waals surface area contributed by atoms with Gasteiger partial charge in [0.2, 0.25) is 0 Å². The van der Waals surface area contributed by atoms with Gasteiger partial charge in [0.1, 0.15) is 30.0 Å². The lowest BCUT2D eigenvalue weighted by molar-refractivity contribution is 0.175. The van der Waals surface area contributed by atoms with E-state index < -0.39 is 11.6 Å². The molecule has 0 spiro atoms. The Morgan fingerprint density at radius 1 is 1.18 bits per heavy atom. The van der Waals surface area contributed by atoms with Crippen molar-refractivity contribution >= 4 is 23.0 Å². The maximum absolute atomic E-state index is 14.5. The van der Waals surface area contributed by atoms with Crippen LogP contribution in [0.1, 0.15) is 18.2 Å². The molecule has 0 bridgehead atoms.